The first kappa shape index (κ1) is 16.5. The van der Waals surface area contributed by atoms with E-state index in [9.17, 15) is 14.9 Å². The Morgan fingerprint density at radius 2 is 2.00 bits per heavy atom. The van der Waals surface area contributed by atoms with Crippen LogP contribution in [-0.4, -0.2) is 17.1 Å². The Labute approximate surface area is 140 Å². The van der Waals surface area contributed by atoms with E-state index < -0.39 is 4.92 Å². The number of anilines is 1. The molecule has 0 aromatic heterocycles. The van der Waals surface area contributed by atoms with E-state index in [0.717, 1.165) is 10.0 Å². The van der Waals surface area contributed by atoms with E-state index in [1.807, 2.05) is 19.1 Å². The molecule has 114 valence electrons. The van der Waals surface area contributed by atoms with Gasteiger partial charge >= 0.3 is 0 Å². The second kappa shape index (κ2) is 6.93. The van der Waals surface area contributed by atoms with Crippen LogP contribution in [0.4, 0.5) is 11.4 Å². The van der Waals surface area contributed by atoms with Crippen molar-refractivity contribution >= 4 is 45.0 Å². The Morgan fingerprint density at radius 3 is 2.59 bits per heavy atom. The van der Waals surface area contributed by atoms with Gasteiger partial charge in [0.1, 0.15) is 0 Å². The summed E-state index contributed by atoms with van der Waals surface area (Å²) in [7, 11) is 0. The molecule has 22 heavy (non-hydrogen) atoms. The van der Waals surface area contributed by atoms with Gasteiger partial charge in [-0.1, -0.05) is 15.9 Å². The summed E-state index contributed by atoms with van der Waals surface area (Å²) in [5.74, 6) is -0.377. The van der Waals surface area contributed by atoms with Crippen molar-refractivity contribution < 1.29 is 9.72 Å². The Hall–Kier alpha value is -1.86. The summed E-state index contributed by atoms with van der Waals surface area (Å²) < 4.78 is 0.950. The average Bonchev–Trinajstić information content (AvgIpc) is 2.50. The second-order valence-corrected chi connectivity index (χ2v) is 6.26. The van der Waals surface area contributed by atoms with Gasteiger partial charge in [-0.3, -0.25) is 14.9 Å². The van der Waals surface area contributed by atoms with Gasteiger partial charge in [0.2, 0.25) is 0 Å². The lowest BCUT2D eigenvalue weighted by atomic mass is 10.1. The van der Waals surface area contributed by atoms with Crippen LogP contribution in [0.1, 0.15) is 15.9 Å². The van der Waals surface area contributed by atoms with E-state index in [1.165, 1.54) is 17.8 Å². The van der Waals surface area contributed by atoms with Crippen molar-refractivity contribution in [3.05, 3.63) is 62.1 Å². The van der Waals surface area contributed by atoms with Crippen molar-refractivity contribution in [3.63, 3.8) is 0 Å². The fourth-order valence-corrected chi connectivity index (χ4v) is 2.69. The average molecular weight is 381 g/mol. The highest BCUT2D eigenvalue weighted by Crippen LogP contribution is 2.28. The molecule has 0 spiro atoms. The van der Waals surface area contributed by atoms with Gasteiger partial charge in [0.05, 0.1) is 9.82 Å². The number of nitrogens with zero attached hydrogens (tertiary/aromatic N) is 1. The molecule has 1 N–H and O–H groups in total. The third kappa shape index (κ3) is 3.66. The Bertz CT molecular complexity index is 750. The van der Waals surface area contributed by atoms with Crippen LogP contribution in [0.25, 0.3) is 0 Å². The minimum atomic E-state index is -0.480. The van der Waals surface area contributed by atoms with Crippen LogP contribution in [0.3, 0.4) is 0 Å². The standard InChI is InChI=1S/C15H13BrN2O3S/c1-9-7-11(4-5-12(9)16)17-15(19)10-3-6-14(22-2)13(8-10)18(20)21/h3-8H,1-2H3,(H,17,19). The molecule has 0 aliphatic carbocycles. The Kier molecular flexibility index (Phi) is 5.20. The van der Waals surface area contributed by atoms with Crippen molar-refractivity contribution in [1.82, 2.24) is 0 Å². The highest BCUT2D eigenvalue weighted by atomic mass is 79.9. The van der Waals surface area contributed by atoms with Gasteiger partial charge in [-0.25, -0.2) is 0 Å². The van der Waals surface area contributed by atoms with Crippen molar-refractivity contribution in [2.45, 2.75) is 11.8 Å². The normalized spacial score (nSPS) is 10.3. The molecule has 0 unspecified atom stereocenters. The number of aryl methyl sites for hydroxylation is 1. The summed E-state index contributed by atoms with van der Waals surface area (Å²) in [4.78, 5) is 23.3. The number of nitro groups is 1. The number of rotatable bonds is 4. The van der Waals surface area contributed by atoms with E-state index in [4.69, 9.17) is 0 Å². The van der Waals surface area contributed by atoms with Crippen LogP contribution in [0.15, 0.2) is 45.8 Å². The second-order valence-electron chi connectivity index (χ2n) is 4.56. The third-order valence-electron chi connectivity index (χ3n) is 3.05. The van der Waals surface area contributed by atoms with Crippen LogP contribution in [0.2, 0.25) is 0 Å². The number of halogens is 1. The zero-order valence-corrected chi connectivity index (χ0v) is 14.3. The van der Waals surface area contributed by atoms with Gasteiger partial charge in [0, 0.05) is 21.8 Å². The van der Waals surface area contributed by atoms with Gasteiger partial charge in [0.25, 0.3) is 11.6 Å². The monoisotopic (exact) mass is 380 g/mol. The van der Waals surface area contributed by atoms with Crippen LogP contribution >= 0.6 is 27.7 Å². The van der Waals surface area contributed by atoms with Crippen LogP contribution in [-0.2, 0) is 0 Å². The molecule has 1 amide bonds. The molecule has 0 heterocycles. The topological polar surface area (TPSA) is 72.2 Å². The lowest BCUT2D eigenvalue weighted by Crippen LogP contribution is -2.12. The molecular weight excluding hydrogens is 368 g/mol. The molecule has 0 fully saturated rings. The number of carbonyl (C=O) groups is 1. The summed E-state index contributed by atoms with van der Waals surface area (Å²) in [5.41, 5.74) is 1.82. The first-order valence-corrected chi connectivity index (χ1v) is 8.34. The summed E-state index contributed by atoms with van der Waals surface area (Å²) in [6.07, 6.45) is 1.76. The highest BCUT2D eigenvalue weighted by molar-refractivity contribution is 9.10. The number of amides is 1. The number of carbonyl (C=O) groups excluding carboxylic acids is 1. The van der Waals surface area contributed by atoms with Gasteiger partial charge in [-0.05, 0) is 49.1 Å². The zero-order valence-electron chi connectivity index (χ0n) is 11.9. The molecule has 0 aliphatic rings. The van der Waals surface area contributed by atoms with E-state index >= 15 is 0 Å². The van der Waals surface area contributed by atoms with Crippen molar-refractivity contribution in [3.8, 4) is 0 Å². The molecule has 2 aromatic carbocycles. The highest BCUT2D eigenvalue weighted by Gasteiger charge is 2.17. The Balaban J connectivity index is 2.27. The number of nitrogens with one attached hydrogen (secondary N) is 1. The molecule has 0 radical (unpaired) electrons. The maximum absolute atomic E-state index is 12.2. The fourth-order valence-electron chi connectivity index (χ4n) is 1.90. The third-order valence-corrected chi connectivity index (χ3v) is 4.73. The summed E-state index contributed by atoms with van der Waals surface area (Å²) >= 11 is 4.66. The minimum absolute atomic E-state index is 0.0628. The smallest absolute Gasteiger partial charge is 0.283 e. The number of nitro benzene ring substituents is 1. The van der Waals surface area contributed by atoms with E-state index in [-0.39, 0.29) is 17.2 Å². The lowest BCUT2D eigenvalue weighted by molar-refractivity contribution is -0.387. The van der Waals surface area contributed by atoms with Crippen molar-refractivity contribution in [2.24, 2.45) is 0 Å². The fraction of sp³-hybridized carbons (Fsp3) is 0.133. The molecule has 7 heteroatoms. The quantitative estimate of drug-likeness (QED) is 0.476. The van der Waals surface area contributed by atoms with Gasteiger partial charge < -0.3 is 5.32 Å². The number of thioether (sulfide) groups is 1. The van der Waals surface area contributed by atoms with Crippen LogP contribution in [0.5, 0.6) is 0 Å². The number of hydrogen-bond donors (Lipinski definition) is 1. The predicted molar refractivity (Wildman–Crippen MR) is 91.7 cm³/mol. The van der Waals surface area contributed by atoms with Crippen molar-refractivity contribution in [2.75, 3.05) is 11.6 Å². The Morgan fingerprint density at radius 1 is 1.27 bits per heavy atom. The maximum Gasteiger partial charge on any atom is 0.283 e. The van der Waals surface area contributed by atoms with Crippen molar-refractivity contribution in [1.29, 1.82) is 0 Å². The number of hydrogen-bond acceptors (Lipinski definition) is 4. The minimum Gasteiger partial charge on any atom is -0.322 e. The first-order chi connectivity index (χ1) is 10.4. The van der Waals surface area contributed by atoms with E-state index in [0.29, 0.717) is 10.6 Å². The van der Waals surface area contributed by atoms with E-state index in [1.54, 1.807) is 24.5 Å². The first-order valence-electron chi connectivity index (χ1n) is 6.32. The molecule has 0 aliphatic heterocycles. The molecule has 2 aromatic rings. The number of benzene rings is 2. The predicted octanol–water partition coefficient (Wildman–Crippen LogP) is 4.64. The summed E-state index contributed by atoms with van der Waals surface area (Å²) in [6, 6.07) is 9.90. The maximum atomic E-state index is 12.2. The molecule has 2 rings (SSSR count). The van der Waals surface area contributed by atoms with Gasteiger partial charge in [0.15, 0.2) is 0 Å². The molecule has 5 nitrogen and oxygen atoms in total. The summed E-state index contributed by atoms with van der Waals surface area (Å²) in [5, 5.41) is 13.8. The molecule has 0 saturated heterocycles. The summed E-state index contributed by atoms with van der Waals surface area (Å²) in [6.45, 7) is 1.91. The van der Waals surface area contributed by atoms with Gasteiger partial charge in [-0.15, -0.1) is 11.8 Å². The molecule has 0 bridgehead atoms. The van der Waals surface area contributed by atoms with Gasteiger partial charge in [-0.2, -0.15) is 0 Å². The van der Waals surface area contributed by atoms with Crippen LogP contribution < -0.4 is 5.32 Å². The van der Waals surface area contributed by atoms with Crippen LogP contribution in [0, 0.1) is 17.0 Å². The SMILES string of the molecule is CSc1ccc(C(=O)Nc2ccc(Br)c(C)c2)cc1[N+](=O)[O-]. The van der Waals surface area contributed by atoms with E-state index in [2.05, 4.69) is 21.2 Å². The lowest BCUT2D eigenvalue weighted by Gasteiger charge is -2.08. The molecular formula is C15H13BrN2O3S. The molecule has 0 saturated carbocycles. The zero-order chi connectivity index (χ0) is 16.3. The molecule has 0 atom stereocenters. The largest absolute Gasteiger partial charge is 0.322 e.